The summed E-state index contributed by atoms with van der Waals surface area (Å²) in [5.41, 5.74) is 0.983. The number of carbonyl (C=O) groups excluding carboxylic acids is 2. The molecule has 0 aliphatic rings. The molecule has 0 spiro atoms. The van der Waals surface area contributed by atoms with Gasteiger partial charge in [-0.2, -0.15) is 0 Å². The zero-order chi connectivity index (χ0) is 18.9. The normalized spacial score (nSPS) is 10.4. The van der Waals surface area contributed by atoms with Crippen LogP contribution in [0.3, 0.4) is 0 Å². The molecule has 0 saturated carbocycles. The number of nitrogens with one attached hydrogen (secondary N) is 1. The van der Waals surface area contributed by atoms with Crippen molar-refractivity contribution in [2.45, 2.75) is 19.3 Å². The Morgan fingerprint density at radius 1 is 1.08 bits per heavy atom. The van der Waals surface area contributed by atoms with Crippen LogP contribution in [0.25, 0.3) is 0 Å². The van der Waals surface area contributed by atoms with Crippen LogP contribution in [-0.2, 0) is 11.2 Å². The van der Waals surface area contributed by atoms with E-state index in [0.29, 0.717) is 12.6 Å². The summed E-state index contributed by atoms with van der Waals surface area (Å²) in [6, 6.07) is 12.8. The van der Waals surface area contributed by atoms with Crippen molar-refractivity contribution in [3.8, 4) is 0 Å². The van der Waals surface area contributed by atoms with E-state index in [1.54, 1.807) is 11.9 Å². The molecule has 0 saturated heterocycles. The van der Waals surface area contributed by atoms with Gasteiger partial charge in [-0.3, -0.25) is 9.59 Å². The molecule has 1 N–H and O–H groups in total. The van der Waals surface area contributed by atoms with Gasteiger partial charge in [-0.1, -0.05) is 30.3 Å². The van der Waals surface area contributed by atoms with E-state index in [1.165, 1.54) is 5.56 Å². The molecule has 26 heavy (non-hydrogen) atoms. The first-order valence-electron chi connectivity index (χ1n) is 8.48. The first kappa shape index (κ1) is 19.6. The Bertz CT molecular complexity index is 751. The van der Waals surface area contributed by atoms with E-state index < -0.39 is 17.5 Å². The quantitative estimate of drug-likeness (QED) is 0.786. The van der Waals surface area contributed by atoms with Gasteiger partial charge >= 0.3 is 0 Å². The van der Waals surface area contributed by atoms with Crippen LogP contribution in [0.2, 0.25) is 0 Å². The van der Waals surface area contributed by atoms with Crippen molar-refractivity contribution in [2.24, 2.45) is 0 Å². The molecule has 0 aliphatic carbocycles. The second-order valence-corrected chi connectivity index (χ2v) is 6.03. The van der Waals surface area contributed by atoms with Gasteiger partial charge in [0, 0.05) is 32.6 Å². The predicted molar refractivity (Wildman–Crippen MR) is 95.7 cm³/mol. The van der Waals surface area contributed by atoms with Crippen LogP contribution in [-0.4, -0.2) is 36.9 Å². The van der Waals surface area contributed by atoms with Crippen molar-refractivity contribution in [3.05, 3.63) is 71.3 Å². The van der Waals surface area contributed by atoms with E-state index in [9.17, 15) is 18.4 Å². The van der Waals surface area contributed by atoms with Gasteiger partial charge in [-0.05, 0) is 30.5 Å². The Morgan fingerprint density at radius 2 is 1.81 bits per heavy atom. The molecule has 0 fully saturated rings. The first-order chi connectivity index (χ1) is 12.5. The molecule has 2 aromatic rings. The van der Waals surface area contributed by atoms with Gasteiger partial charge in [0.2, 0.25) is 5.91 Å². The number of hydrogen-bond acceptors (Lipinski definition) is 2. The molecule has 138 valence electrons. The fraction of sp³-hybridized carbons (Fsp3) is 0.300. The van der Waals surface area contributed by atoms with Crippen LogP contribution in [0.5, 0.6) is 0 Å². The van der Waals surface area contributed by atoms with Crippen LogP contribution in [0, 0.1) is 11.6 Å². The number of hydrogen-bond donors (Lipinski definition) is 1. The molecule has 0 heterocycles. The molecule has 0 radical (unpaired) electrons. The van der Waals surface area contributed by atoms with Crippen molar-refractivity contribution in [3.63, 3.8) is 0 Å². The minimum Gasteiger partial charge on any atom is -0.351 e. The SMILES string of the molecule is CN(CCCc1ccccc1)C(=O)CCNC(=O)c1ccc(F)cc1F. The molecule has 0 unspecified atom stereocenters. The lowest BCUT2D eigenvalue weighted by molar-refractivity contribution is -0.129. The Morgan fingerprint density at radius 3 is 2.50 bits per heavy atom. The second kappa shape index (κ2) is 9.65. The maximum Gasteiger partial charge on any atom is 0.254 e. The molecular formula is C20H22F2N2O2. The van der Waals surface area contributed by atoms with E-state index >= 15 is 0 Å². The van der Waals surface area contributed by atoms with Gasteiger partial charge < -0.3 is 10.2 Å². The van der Waals surface area contributed by atoms with Gasteiger partial charge in [0.25, 0.3) is 5.91 Å². The van der Waals surface area contributed by atoms with Gasteiger partial charge in [-0.15, -0.1) is 0 Å². The molecule has 0 bridgehead atoms. The predicted octanol–water partition coefficient (Wildman–Crippen LogP) is 3.18. The van der Waals surface area contributed by atoms with E-state index in [-0.39, 0.29) is 24.4 Å². The molecule has 0 atom stereocenters. The van der Waals surface area contributed by atoms with E-state index in [2.05, 4.69) is 5.32 Å². The lowest BCUT2D eigenvalue weighted by Gasteiger charge is -2.17. The Kier molecular flexibility index (Phi) is 7.26. The molecule has 0 aliphatic heterocycles. The van der Waals surface area contributed by atoms with Gasteiger partial charge in [0.15, 0.2) is 0 Å². The van der Waals surface area contributed by atoms with Crippen molar-refractivity contribution >= 4 is 11.8 Å². The summed E-state index contributed by atoms with van der Waals surface area (Å²) in [6.07, 6.45) is 1.86. The summed E-state index contributed by atoms with van der Waals surface area (Å²) in [6.45, 7) is 0.714. The molecule has 4 nitrogen and oxygen atoms in total. The fourth-order valence-corrected chi connectivity index (χ4v) is 2.53. The highest BCUT2D eigenvalue weighted by atomic mass is 19.1. The monoisotopic (exact) mass is 360 g/mol. The van der Waals surface area contributed by atoms with Crippen LogP contribution < -0.4 is 5.32 Å². The second-order valence-electron chi connectivity index (χ2n) is 6.03. The molecule has 0 aromatic heterocycles. The third kappa shape index (κ3) is 5.95. The number of carbonyl (C=O) groups is 2. The Labute approximate surface area is 151 Å². The van der Waals surface area contributed by atoms with Crippen LogP contribution in [0.15, 0.2) is 48.5 Å². The third-order valence-corrected chi connectivity index (χ3v) is 4.03. The number of rotatable bonds is 8. The number of amides is 2. The lowest BCUT2D eigenvalue weighted by Crippen LogP contribution is -2.33. The zero-order valence-electron chi connectivity index (χ0n) is 14.7. The number of aryl methyl sites for hydroxylation is 1. The summed E-state index contributed by atoms with van der Waals surface area (Å²) in [5.74, 6) is -2.43. The number of nitrogens with zero attached hydrogens (tertiary/aromatic N) is 1. The minimum atomic E-state index is -0.924. The van der Waals surface area contributed by atoms with Gasteiger partial charge in [-0.25, -0.2) is 8.78 Å². The smallest absolute Gasteiger partial charge is 0.254 e. The number of benzene rings is 2. The minimum absolute atomic E-state index is 0.0948. The van der Waals surface area contributed by atoms with Crippen LogP contribution in [0.1, 0.15) is 28.8 Å². The van der Waals surface area contributed by atoms with Crippen LogP contribution >= 0.6 is 0 Å². The van der Waals surface area contributed by atoms with Gasteiger partial charge in [0.05, 0.1) is 5.56 Å². The maximum absolute atomic E-state index is 13.5. The molecule has 2 rings (SSSR count). The fourth-order valence-electron chi connectivity index (χ4n) is 2.53. The Hall–Kier alpha value is -2.76. The number of halogens is 2. The highest BCUT2D eigenvalue weighted by Gasteiger charge is 2.13. The van der Waals surface area contributed by atoms with Crippen molar-refractivity contribution in [1.82, 2.24) is 10.2 Å². The standard InChI is InChI=1S/C20H22F2N2O2/c1-24(13-5-8-15-6-3-2-4-7-15)19(25)11-12-23-20(26)17-10-9-16(21)14-18(17)22/h2-4,6-7,9-10,14H,5,8,11-13H2,1H3,(H,23,26). The average molecular weight is 360 g/mol. The topological polar surface area (TPSA) is 49.4 Å². The van der Waals surface area contributed by atoms with E-state index in [0.717, 1.165) is 25.0 Å². The average Bonchev–Trinajstić information content (AvgIpc) is 2.62. The largest absolute Gasteiger partial charge is 0.351 e. The first-order valence-corrected chi connectivity index (χ1v) is 8.48. The zero-order valence-corrected chi connectivity index (χ0v) is 14.7. The van der Waals surface area contributed by atoms with E-state index in [1.807, 2.05) is 30.3 Å². The summed E-state index contributed by atoms with van der Waals surface area (Å²) in [7, 11) is 1.72. The van der Waals surface area contributed by atoms with Crippen molar-refractivity contribution in [2.75, 3.05) is 20.1 Å². The Balaban J connectivity index is 1.69. The summed E-state index contributed by atoms with van der Waals surface area (Å²) in [4.78, 5) is 25.5. The van der Waals surface area contributed by atoms with Crippen LogP contribution in [0.4, 0.5) is 8.78 Å². The highest BCUT2D eigenvalue weighted by molar-refractivity contribution is 5.94. The summed E-state index contributed by atoms with van der Waals surface area (Å²) < 4.78 is 26.4. The van der Waals surface area contributed by atoms with E-state index in [4.69, 9.17) is 0 Å². The molecule has 2 amide bonds. The third-order valence-electron chi connectivity index (χ3n) is 4.03. The molecule has 6 heteroatoms. The highest BCUT2D eigenvalue weighted by Crippen LogP contribution is 2.09. The van der Waals surface area contributed by atoms with Gasteiger partial charge in [0.1, 0.15) is 11.6 Å². The van der Waals surface area contributed by atoms with Crippen molar-refractivity contribution in [1.29, 1.82) is 0 Å². The van der Waals surface area contributed by atoms with Crippen molar-refractivity contribution < 1.29 is 18.4 Å². The molecule has 2 aromatic carbocycles. The maximum atomic E-state index is 13.5. The summed E-state index contributed by atoms with van der Waals surface area (Å²) >= 11 is 0. The molecular weight excluding hydrogens is 338 g/mol. The lowest BCUT2D eigenvalue weighted by atomic mass is 10.1. The summed E-state index contributed by atoms with van der Waals surface area (Å²) in [5, 5.41) is 2.48.